The summed E-state index contributed by atoms with van der Waals surface area (Å²) in [6.07, 6.45) is 2.88. The van der Waals surface area contributed by atoms with Gasteiger partial charge < -0.3 is 15.4 Å². The maximum atomic E-state index is 6.41. The van der Waals surface area contributed by atoms with E-state index in [-0.39, 0.29) is 5.60 Å². The maximum Gasteiger partial charge on any atom is 0.151 e. The van der Waals surface area contributed by atoms with Crippen molar-refractivity contribution in [3.63, 3.8) is 0 Å². The number of rotatable bonds is 2. The number of nitrogens with zero attached hydrogens (tertiary/aromatic N) is 4. The molecule has 144 valence electrons. The molecule has 5 rings (SSSR count). The van der Waals surface area contributed by atoms with E-state index in [1.165, 1.54) is 15.3 Å². The third-order valence-electron chi connectivity index (χ3n) is 5.71. The van der Waals surface area contributed by atoms with Crippen LogP contribution in [0.5, 0.6) is 0 Å². The smallest absolute Gasteiger partial charge is 0.151 e. The SMILES string of the molecule is Cc1ccc(N2CCC3(CC2)OCCc2sc(-c4cccc(N)n4)cc23)nn1. The van der Waals surface area contributed by atoms with Gasteiger partial charge in [0.2, 0.25) is 0 Å². The molecule has 28 heavy (non-hydrogen) atoms. The van der Waals surface area contributed by atoms with E-state index in [2.05, 4.69) is 32.2 Å². The van der Waals surface area contributed by atoms with Crippen molar-refractivity contribution in [1.29, 1.82) is 0 Å². The van der Waals surface area contributed by atoms with Gasteiger partial charge in [0.15, 0.2) is 5.82 Å². The fourth-order valence-electron chi connectivity index (χ4n) is 4.20. The third-order valence-corrected chi connectivity index (χ3v) is 6.93. The van der Waals surface area contributed by atoms with E-state index in [0.717, 1.165) is 56.2 Å². The molecular formula is C21H23N5OS. The van der Waals surface area contributed by atoms with Crippen LogP contribution in [0.15, 0.2) is 36.4 Å². The highest BCUT2D eigenvalue weighted by Crippen LogP contribution is 2.46. The minimum atomic E-state index is -0.197. The maximum absolute atomic E-state index is 6.41. The minimum absolute atomic E-state index is 0.197. The minimum Gasteiger partial charge on any atom is -0.384 e. The summed E-state index contributed by atoms with van der Waals surface area (Å²) in [6.45, 7) is 4.57. The third kappa shape index (κ3) is 3.04. The molecule has 7 heteroatoms. The van der Waals surface area contributed by atoms with Crippen LogP contribution in [0.2, 0.25) is 0 Å². The van der Waals surface area contributed by atoms with Crippen molar-refractivity contribution in [3.05, 3.63) is 52.5 Å². The van der Waals surface area contributed by atoms with Gasteiger partial charge >= 0.3 is 0 Å². The molecule has 0 aromatic carbocycles. The van der Waals surface area contributed by atoms with Gasteiger partial charge in [0.25, 0.3) is 0 Å². The first-order valence-electron chi connectivity index (χ1n) is 9.68. The highest BCUT2D eigenvalue weighted by molar-refractivity contribution is 7.15. The van der Waals surface area contributed by atoms with Crippen molar-refractivity contribution in [1.82, 2.24) is 15.2 Å². The number of anilines is 2. The molecule has 0 bridgehead atoms. The Morgan fingerprint density at radius 2 is 2.00 bits per heavy atom. The second kappa shape index (κ2) is 6.83. The quantitative estimate of drug-likeness (QED) is 0.717. The molecule has 6 nitrogen and oxygen atoms in total. The number of pyridine rings is 1. The van der Waals surface area contributed by atoms with Crippen molar-refractivity contribution in [2.75, 3.05) is 30.3 Å². The summed E-state index contributed by atoms with van der Waals surface area (Å²) in [5.74, 6) is 1.51. The van der Waals surface area contributed by atoms with Crippen molar-refractivity contribution in [2.45, 2.75) is 31.8 Å². The highest BCUT2D eigenvalue weighted by Gasteiger charge is 2.42. The number of fused-ring (bicyclic) bond motifs is 2. The summed E-state index contributed by atoms with van der Waals surface area (Å²) < 4.78 is 6.41. The Labute approximate surface area is 168 Å². The van der Waals surface area contributed by atoms with Gasteiger partial charge in [-0.1, -0.05) is 6.07 Å². The fourth-order valence-corrected chi connectivity index (χ4v) is 5.40. The molecule has 0 atom stereocenters. The van der Waals surface area contributed by atoms with Gasteiger partial charge in [-0.25, -0.2) is 4.98 Å². The lowest BCUT2D eigenvalue weighted by molar-refractivity contribution is -0.0757. The number of aryl methyl sites for hydroxylation is 1. The molecule has 3 aromatic heterocycles. The molecule has 2 aliphatic heterocycles. The second-order valence-electron chi connectivity index (χ2n) is 7.51. The molecule has 0 radical (unpaired) electrons. The summed E-state index contributed by atoms with van der Waals surface area (Å²) in [7, 11) is 0. The number of aromatic nitrogens is 3. The molecule has 0 saturated carbocycles. The first kappa shape index (κ1) is 17.6. The van der Waals surface area contributed by atoms with E-state index in [1.807, 2.05) is 42.5 Å². The van der Waals surface area contributed by atoms with Gasteiger partial charge in [-0.15, -0.1) is 16.4 Å². The van der Waals surface area contributed by atoms with E-state index in [4.69, 9.17) is 10.5 Å². The van der Waals surface area contributed by atoms with Crippen LogP contribution in [-0.4, -0.2) is 34.9 Å². The van der Waals surface area contributed by atoms with Crippen molar-refractivity contribution in [2.24, 2.45) is 0 Å². The van der Waals surface area contributed by atoms with Crippen LogP contribution in [-0.2, 0) is 16.8 Å². The van der Waals surface area contributed by atoms with Crippen molar-refractivity contribution < 1.29 is 4.74 Å². The topological polar surface area (TPSA) is 77.2 Å². The number of piperidine rings is 1. The van der Waals surface area contributed by atoms with Gasteiger partial charge in [0.1, 0.15) is 5.82 Å². The Hall–Kier alpha value is -2.51. The van der Waals surface area contributed by atoms with E-state index in [9.17, 15) is 0 Å². The molecule has 2 aliphatic rings. The molecule has 1 saturated heterocycles. The molecule has 0 amide bonds. The Balaban J connectivity index is 1.41. The van der Waals surface area contributed by atoms with Crippen LogP contribution in [0.4, 0.5) is 11.6 Å². The molecule has 5 heterocycles. The van der Waals surface area contributed by atoms with Crippen molar-refractivity contribution >= 4 is 23.0 Å². The Bertz CT molecular complexity index is 992. The summed E-state index contributed by atoms with van der Waals surface area (Å²) in [6, 6.07) is 12.2. The van der Waals surface area contributed by atoms with E-state index < -0.39 is 0 Å². The Morgan fingerprint density at radius 1 is 1.14 bits per heavy atom. The largest absolute Gasteiger partial charge is 0.384 e. The molecule has 3 aromatic rings. The normalized spacial score (nSPS) is 18.2. The number of thiophene rings is 1. The molecule has 0 unspecified atom stereocenters. The molecule has 1 fully saturated rings. The standard InChI is InChI=1S/C21H23N5OS/c1-14-5-6-20(25-24-14)26-10-8-21(9-11-26)15-13-18(28-17(15)7-12-27-21)16-3-2-4-19(22)23-16/h2-6,13H,7-12H2,1H3,(H2,22,23). The number of hydrogen-bond acceptors (Lipinski definition) is 7. The van der Waals surface area contributed by atoms with Gasteiger partial charge in [0, 0.05) is 24.4 Å². The summed E-state index contributed by atoms with van der Waals surface area (Å²) in [5, 5.41) is 8.55. The highest BCUT2D eigenvalue weighted by atomic mass is 32.1. The number of nitrogen functional groups attached to an aromatic ring is 1. The molecule has 2 N–H and O–H groups in total. The van der Waals surface area contributed by atoms with Crippen LogP contribution in [0.3, 0.4) is 0 Å². The summed E-state index contributed by atoms with van der Waals surface area (Å²) in [5.41, 5.74) is 8.92. The van der Waals surface area contributed by atoms with E-state index in [1.54, 1.807) is 0 Å². The van der Waals surface area contributed by atoms with Crippen LogP contribution >= 0.6 is 11.3 Å². The Morgan fingerprint density at radius 3 is 2.75 bits per heavy atom. The first-order valence-corrected chi connectivity index (χ1v) is 10.5. The predicted octanol–water partition coefficient (Wildman–Crippen LogP) is 3.56. The van der Waals surface area contributed by atoms with Gasteiger partial charge in [-0.3, -0.25) is 0 Å². The van der Waals surface area contributed by atoms with E-state index in [0.29, 0.717) is 5.82 Å². The predicted molar refractivity (Wildman–Crippen MR) is 112 cm³/mol. The van der Waals surface area contributed by atoms with Crippen LogP contribution < -0.4 is 10.6 Å². The van der Waals surface area contributed by atoms with E-state index >= 15 is 0 Å². The number of ether oxygens (including phenoxy) is 1. The molecule has 0 aliphatic carbocycles. The average molecular weight is 394 g/mol. The summed E-state index contributed by atoms with van der Waals surface area (Å²) in [4.78, 5) is 9.41. The van der Waals surface area contributed by atoms with Gasteiger partial charge in [0.05, 0.1) is 28.5 Å². The Kier molecular flexibility index (Phi) is 4.29. The number of hydrogen-bond donors (Lipinski definition) is 1. The fraction of sp³-hybridized carbons (Fsp3) is 0.381. The van der Waals surface area contributed by atoms with Crippen LogP contribution in [0.25, 0.3) is 10.6 Å². The molecule has 1 spiro atoms. The second-order valence-corrected chi connectivity index (χ2v) is 8.64. The van der Waals surface area contributed by atoms with Crippen LogP contribution in [0, 0.1) is 6.92 Å². The zero-order valence-corrected chi connectivity index (χ0v) is 16.7. The zero-order valence-electron chi connectivity index (χ0n) is 15.9. The van der Waals surface area contributed by atoms with Crippen LogP contribution in [0.1, 0.15) is 29.0 Å². The van der Waals surface area contributed by atoms with Gasteiger partial charge in [-0.2, -0.15) is 5.10 Å². The first-order chi connectivity index (χ1) is 13.6. The lowest BCUT2D eigenvalue weighted by Crippen LogP contribution is -2.46. The average Bonchev–Trinajstić information content (AvgIpc) is 3.16. The lowest BCUT2D eigenvalue weighted by Gasteiger charge is -2.44. The monoisotopic (exact) mass is 393 g/mol. The zero-order chi connectivity index (χ0) is 19.1. The lowest BCUT2D eigenvalue weighted by atomic mass is 9.82. The van der Waals surface area contributed by atoms with Crippen molar-refractivity contribution in [3.8, 4) is 10.6 Å². The summed E-state index contributed by atoms with van der Waals surface area (Å²) >= 11 is 1.83. The molecular weight excluding hydrogens is 370 g/mol. The number of nitrogens with two attached hydrogens (primary N) is 1. The van der Waals surface area contributed by atoms with Gasteiger partial charge in [-0.05, 0) is 55.7 Å².